The molecule has 0 bridgehead atoms. The van der Waals surface area contributed by atoms with Gasteiger partial charge in [0.25, 0.3) is 10.1 Å². The van der Waals surface area contributed by atoms with Gasteiger partial charge < -0.3 is 9.64 Å². The van der Waals surface area contributed by atoms with Gasteiger partial charge in [-0.05, 0) is 32.9 Å². The summed E-state index contributed by atoms with van der Waals surface area (Å²) >= 11 is 0. The first kappa shape index (κ1) is 16.7. The molecular weight excluding hydrogens is 308 g/mol. The van der Waals surface area contributed by atoms with Gasteiger partial charge in [0, 0.05) is 30.9 Å². The highest BCUT2D eigenvalue weighted by atomic mass is 32.2. The van der Waals surface area contributed by atoms with Crippen LogP contribution in [0.2, 0.25) is 0 Å². The minimum absolute atomic E-state index is 0.116. The van der Waals surface area contributed by atoms with Crippen molar-refractivity contribution in [3.05, 3.63) is 30.1 Å². The van der Waals surface area contributed by atoms with Gasteiger partial charge in [0.1, 0.15) is 10.9 Å². The summed E-state index contributed by atoms with van der Waals surface area (Å²) in [5.74, 6) is -0.580. The molecule has 1 saturated heterocycles. The highest BCUT2D eigenvalue weighted by molar-refractivity contribution is 7.86. The first-order valence-corrected chi connectivity index (χ1v) is 8.43. The second kappa shape index (κ2) is 5.85. The van der Waals surface area contributed by atoms with Crippen LogP contribution in [0.3, 0.4) is 0 Å². The van der Waals surface area contributed by atoms with E-state index < -0.39 is 33.0 Å². The van der Waals surface area contributed by atoms with Crippen LogP contribution in [0.25, 0.3) is 0 Å². The Labute approximate surface area is 130 Å². The monoisotopic (exact) mass is 328 g/mol. The Morgan fingerprint density at radius 2 is 2.05 bits per heavy atom. The summed E-state index contributed by atoms with van der Waals surface area (Å²) in [5.41, 5.74) is -0.149. The van der Waals surface area contributed by atoms with Gasteiger partial charge in [0.05, 0.1) is 0 Å². The first-order chi connectivity index (χ1) is 10.1. The zero-order valence-electron chi connectivity index (χ0n) is 12.8. The van der Waals surface area contributed by atoms with Crippen LogP contribution in [0.1, 0.15) is 32.4 Å². The van der Waals surface area contributed by atoms with E-state index in [-0.39, 0.29) is 13.1 Å². The number of rotatable bonds is 2. The average molecular weight is 328 g/mol. The van der Waals surface area contributed by atoms with Gasteiger partial charge >= 0.3 is 6.09 Å². The van der Waals surface area contributed by atoms with Crippen molar-refractivity contribution in [3.8, 4) is 0 Å². The number of pyridine rings is 1. The summed E-state index contributed by atoms with van der Waals surface area (Å²) in [4.78, 5) is 17.6. The van der Waals surface area contributed by atoms with Crippen LogP contribution in [0.5, 0.6) is 0 Å². The molecule has 1 N–H and O–H groups in total. The van der Waals surface area contributed by atoms with Crippen LogP contribution < -0.4 is 0 Å². The molecule has 0 radical (unpaired) electrons. The van der Waals surface area contributed by atoms with E-state index in [2.05, 4.69) is 4.98 Å². The zero-order valence-corrected chi connectivity index (χ0v) is 13.6. The predicted octanol–water partition coefficient (Wildman–Crippen LogP) is 1.67. The molecule has 122 valence electrons. The fourth-order valence-electron chi connectivity index (χ4n) is 2.43. The summed E-state index contributed by atoms with van der Waals surface area (Å²) in [7, 11) is -4.30. The number of hydrogen-bond acceptors (Lipinski definition) is 5. The van der Waals surface area contributed by atoms with Crippen LogP contribution in [-0.2, 0) is 14.9 Å². The lowest BCUT2D eigenvalue weighted by Gasteiger charge is -2.24. The smallest absolute Gasteiger partial charge is 0.410 e. The largest absolute Gasteiger partial charge is 0.444 e. The predicted molar refractivity (Wildman–Crippen MR) is 80.1 cm³/mol. The fraction of sp³-hybridized carbons (Fsp3) is 0.571. The Morgan fingerprint density at radius 3 is 2.55 bits per heavy atom. The Bertz CT molecular complexity index is 639. The minimum atomic E-state index is -4.30. The quantitative estimate of drug-likeness (QED) is 0.830. The van der Waals surface area contributed by atoms with Crippen molar-refractivity contribution >= 4 is 16.2 Å². The number of nitrogens with zero attached hydrogens (tertiary/aromatic N) is 2. The van der Waals surface area contributed by atoms with Crippen molar-refractivity contribution in [2.75, 3.05) is 13.1 Å². The Hall–Kier alpha value is -1.67. The number of amides is 1. The normalized spacial score (nSPS) is 22.6. The zero-order chi connectivity index (χ0) is 16.5. The van der Waals surface area contributed by atoms with Gasteiger partial charge in [0.2, 0.25) is 0 Å². The second-order valence-electron chi connectivity index (χ2n) is 6.30. The molecular formula is C14H20N2O5S. The molecule has 22 heavy (non-hydrogen) atoms. The van der Waals surface area contributed by atoms with Gasteiger partial charge in [0.15, 0.2) is 0 Å². The topological polar surface area (TPSA) is 96.8 Å². The number of aromatic nitrogens is 1. The van der Waals surface area contributed by atoms with Crippen molar-refractivity contribution in [3.63, 3.8) is 0 Å². The Morgan fingerprint density at radius 1 is 1.36 bits per heavy atom. The number of carbonyl (C=O) groups is 1. The molecule has 0 spiro atoms. The Balaban J connectivity index is 2.24. The van der Waals surface area contributed by atoms with Crippen LogP contribution in [0, 0.1) is 0 Å². The molecule has 2 unspecified atom stereocenters. The molecule has 1 aliphatic heterocycles. The van der Waals surface area contributed by atoms with E-state index in [1.807, 2.05) is 0 Å². The summed E-state index contributed by atoms with van der Waals surface area (Å²) in [5, 5.41) is -1.10. The van der Waals surface area contributed by atoms with Crippen LogP contribution in [0.15, 0.2) is 24.4 Å². The molecule has 8 heteroatoms. The molecule has 1 aromatic rings. The van der Waals surface area contributed by atoms with Crippen molar-refractivity contribution in [2.24, 2.45) is 0 Å². The van der Waals surface area contributed by atoms with Gasteiger partial charge in [-0.1, -0.05) is 6.07 Å². The lowest BCUT2D eigenvalue weighted by molar-refractivity contribution is 0.0293. The van der Waals surface area contributed by atoms with Gasteiger partial charge in [-0.2, -0.15) is 8.42 Å². The fourth-order valence-corrected chi connectivity index (χ4v) is 3.44. The van der Waals surface area contributed by atoms with E-state index in [1.54, 1.807) is 45.2 Å². The maximum atomic E-state index is 12.1. The molecule has 2 rings (SSSR count). The Kier molecular flexibility index (Phi) is 4.44. The highest BCUT2D eigenvalue weighted by Gasteiger charge is 2.44. The van der Waals surface area contributed by atoms with Crippen molar-refractivity contribution in [2.45, 2.75) is 37.5 Å². The van der Waals surface area contributed by atoms with Crippen molar-refractivity contribution in [1.29, 1.82) is 0 Å². The minimum Gasteiger partial charge on any atom is -0.444 e. The lowest BCUT2D eigenvalue weighted by Crippen LogP contribution is -2.36. The molecule has 2 atom stereocenters. The molecule has 1 aliphatic rings. The molecule has 0 aliphatic carbocycles. The van der Waals surface area contributed by atoms with E-state index >= 15 is 0 Å². The van der Waals surface area contributed by atoms with Crippen LogP contribution >= 0.6 is 0 Å². The first-order valence-electron chi connectivity index (χ1n) is 6.93. The molecule has 7 nitrogen and oxygen atoms in total. The molecule has 0 saturated carbocycles. The molecule has 1 amide bonds. The van der Waals surface area contributed by atoms with Gasteiger partial charge in [-0.25, -0.2) is 4.79 Å². The number of hydrogen-bond donors (Lipinski definition) is 1. The number of carbonyl (C=O) groups excluding carboxylic acids is 1. The molecule has 1 fully saturated rings. The third-order valence-corrected chi connectivity index (χ3v) is 4.61. The number of ether oxygens (including phenoxy) is 1. The van der Waals surface area contributed by atoms with Crippen molar-refractivity contribution in [1.82, 2.24) is 9.88 Å². The summed E-state index contributed by atoms with van der Waals surface area (Å²) in [6, 6.07) is 5.13. The molecule has 1 aromatic heterocycles. The third-order valence-electron chi connectivity index (χ3n) is 3.37. The average Bonchev–Trinajstić information content (AvgIpc) is 2.82. The van der Waals surface area contributed by atoms with Gasteiger partial charge in [-0.3, -0.25) is 9.54 Å². The van der Waals surface area contributed by atoms with Gasteiger partial charge in [-0.15, -0.1) is 0 Å². The molecule has 0 aromatic carbocycles. The third kappa shape index (κ3) is 3.95. The number of likely N-dealkylation sites (tertiary alicyclic amines) is 1. The highest BCUT2D eigenvalue weighted by Crippen LogP contribution is 2.31. The maximum absolute atomic E-state index is 12.1. The van der Waals surface area contributed by atoms with E-state index in [0.29, 0.717) is 5.69 Å². The summed E-state index contributed by atoms with van der Waals surface area (Å²) < 4.78 is 37.9. The van der Waals surface area contributed by atoms with E-state index in [0.717, 1.165) is 0 Å². The van der Waals surface area contributed by atoms with Crippen molar-refractivity contribution < 1.29 is 22.5 Å². The lowest BCUT2D eigenvalue weighted by atomic mass is 10.0. The summed E-state index contributed by atoms with van der Waals surface area (Å²) in [6.07, 6.45) is 0.951. The van der Waals surface area contributed by atoms with Crippen LogP contribution in [0.4, 0.5) is 4.79 Å². The van der Waals surface area contributed by atoms with Crippen LogP contribution in [-0.4, -0.2) is 52.9 Å². The summed E-state index contributed by atoms with van der Waals surface area (Å²) in [6.45, 7) is 5.22. The van der Waals surface area contributed by atoms with E-state index in [4.69, 9.17) is 4.74 Å². The van der Waals surface area contributed by atoms with E-state index in [1.165, 1.54) is 4.90 Å². The molecule has 2 heterocycles. The maximum Gasteiger partial charge on any atom is 0.410 e. The standard InChI is InChI=1S/C14H20N2O5S/c1-14(2,3)21-13(17)16-8-10(11-6-4-5-7-15-11)12(9-16)22(18,19)20/h4-7,10,12H,8-9H2,1-3H3,(H,18,19,20). The SMILES string of the molecule is CC(C)(C)OC(=O)N1CC(c2ccccn2)C(S(=O)(=O)O)C1. The second-order valence-corrected chi connectivity index (χ2v) is 7.94. The van der Waals surface area contributed by atoms with E-state index in [9.17, 15) is 17.8 Å².